The average molecular weight is 506 g/mol. The van der Waals surface area contributed by atoms with E-state index in [1.54, 1.807) is 4.90 Å². The Morgan fingerprint density at radius 2 is 1.70 bits per heavy atom. The van der Waals surface area contributed by atoms with Crippen LogP contribution in [0, 0.1) is 5.92 Å². The van der Waals surface area contributed by atoms with E-state index in [1.165, 1.54) is 18.2 Å². The largest absolute Gasteiger partial charge is 0.469 e. The minimum absolute atomic E-state index is 0.00166. The minimum atomic E-state index is -0.859. The Hall–Kier alpha value is -3.03. The van der Waals surface area contributed by atoms with Crippen molar-refractivity contribution in [2.75, 3.05) is 13.7 Å². The first-order chi connectivity index (χ1) is 17.9. The number of rotatable bonds is 10. The van der Waals surface area contributed by atoms with Crippen molar-refractivity contribution in [2.24, 2.45) is 17.4 Å². The van der Waals surface area contributed by atoms with Gasteiger partial charge in [0.2, 0.25) is 5.91 Å². The van der Waals surface area contributed by atoms with Crippen molar-refractivity contribution >= 4 is 17.7 Å². The number of ether oxygens (including phenoxy) is 1. The molecule has 2 fully saturated rings. The van der Waals surface area contributed by atoms with Crippen molar-refractivity contribution in [1.82, 2.24) is 4.90 Å². The van der Waals surface area contributed by atoms with Crippen LogP contribution in [0.15, 0.2) is 54.6 Å². The highest BCUT2D eigenvalue weighted by atomic mass is 16.5. The zero-order valence-corrected chi connectivity index (χ0v) is 21.7. The van der Waals surface area contributed by atoms with E-state index < -0.39 is 24.0 Å². The van der Waals surface area contributed by atoms with Crippen LogP contribution in [-0.4, -0.2) is 54.3 Å². The van der Waals surface area contributed by atoms with Gasteiger partial charge in [-0.3, -0.25) is 14.4 Å². The second-order valence-corrected chi connectivity index (χ2v) is 10.5. The summed E-state index contributed by atoms with van der Waals surface area (Å²) in [6, 6.07) is 16.8. The molecule has 0 aromatic heterocycles. The molecular weight excluding hydrogens is 466 g/mol. The lowest BCUT2D eigenvalue weighted by Gasteiger charge is -2.29. The predicted molar refractivity (Wildman–Crippen MR) is 143 cm³/mol. The quantitative estimate of drug-likeness (QED) is 0.377. The SMILES string of the molecule is COC(=O)C[C@@H]1C[C@@H](C(N)C(=O)c2ccc([C@H]3CC[C@H](N)CC3)cc2)N(CCCc2ccccc2)C1=O. The first kappa shape index (κ1) is 27.0. The molecule has 37 heavy (non-hydrogen) atoms. The summed E-state index contributed by atoms with van der Waals surface area (Å²) >= 11 is 0. The number of likely N-dealkylation sites (tertiary alicyclic amines) is 1. The molecule has 0 bridgehead atoms. The van der Waals surface area contributed by atoms with E-state index in [4.69, 9.17) is 16.2 Å². The Morgan fingerprint density at radius 1 is 1.03 bits per heavy atom. The fourth-order valence-corrected chi connectivity index (χ4v) is 5.83. The number of hydrogen-bond acceptors (Lipinski definition) is 6. The number of carbonyl (C=O) groups excluding carboxylic acids is 3. The lowest BCUT2D eigenvalue weighted by Crippen LogP contribution is -2.50. The number of aryl methyl sites for hydroxylation is 1. The molecule has 1 unspecified atom stereocenters. The van der Waals surface area contributed by atoms with Crippen LogP contribution in [0.1, 0.15) is 72.3 Å². The van der Waals surface area contributed by atoms with Gasteiger partial charge >= 0.3 is 5.97 Å². The maximum atomic E-state index is 13.4. The van der Waals surface area contributed by atoms with Gasteiger partial charge in [0.25, 0.3) is 0 Å². The maximum absolute atomic E-state index is 13.4. The smallest absolute Gasteiger partial charge is 0.306 e. The van der Waals surface area contributed by atoms with Crippen LogP contribution in [0.5, 0.6) is 0 Å². The molecule has 0 spiro atoms. The van der Waals surface area contributed by atoms with Crippen LogP contribution in [-0.2, 0) is 20.7 Å². The van der Waals surface area contributed by atoms with E-state index in [1.807, 2.05) is 42.5 Å². The third-order valence-corrected chi connectivity index (χ3v) is 8.06. The molecule has 7 heteroatoms. The zero-order valence-electron chi connectivity index (χ0n) is 21.7. The maximum Gasteiger partial charge on any atom is 0.306 e. The van der Waals surface area contributed by atoms with Crippen LogP contribution in [0.25, 0.3) is 0 Å². The lowest BCUT2D eigenvalue weighted by atomic mass is 9.81. The van der Waals surface area contributed by atoms with E-state index in [9.17, 15) is 14.4 Å². The molecule has 1 heterocycles. The van der Waals surface area contributed by atoms with Crippen molar-refractivity contribution in [1.29, 1.82) is 0 Å². The van der Waals surface area contributed by atoms with Crippen LogP contribution < -0.4 is 11.5 Å². The van der Waals surface area contributed by atoms with Gasteiger partial charge in [-0.25, -0.2) is 0 Å². The van der Waals surface area contributed by atoms with Crippen LogP contribution in [0.4, 0.5) is 0 Å². The Morgan fingerprint density at radius 3 is 2.35 bits per heavy atom. The van der Waals surface area contributed by atoms with Crippen molar-refractivity contribution < 1.29 is 19.1 Å². The Labute approximate surface area is 219 Å². The summed E-state index contributed by atoms with van der Waals surface area (Å²) in [4.78, 5) is 40.3. The summed E-state index contributed by atoms with van der Waals surface area (Å²) in [5, 5.41) is 0. The average Bonchev–Trinajstić information content (AvgIpc) is 3.23. The van der Waals surface area contributed by atoms with Gasteiger partial charge in [-0.15, -0.1) is 0 Å². The number of hydrogen-bond donors (Lipinski definition) is 2. The number of methoxy groups -OCH3 is 1. The van der Waals surface area contributed by atoms with Crippen molar-refractivity contribution in [3.63, 3.8) is 0 Å². The van der Waals surface area contributed by atoms with E-state index >= 15 is 0 Å². The third-order valence-electron chi connectivity index (χ3n) is 8.06. The van der Waals surface area contributed by atoms with Crippen LogP contribution in [0.2, 0.25) is 0 Å². The lowest BCUT2D eigenvalue weighted by molar-refractivity contribution is -0.144. The summed E-state index contributed by atoms with van der Waals surface area (Å²) in [5.41, 5.74) is 15.6. The van der Waals surface area contributed by atoms with Crippen LogP contribution >= 0.6 is 0 Å². The molecule has 2 aliphatic rings. The van der Waals surface area contributed by atoms with Crippen molar-refractivity contribution in [2.45, 2.75) is 75.4 Å². The van der Waals surface area contributed by atoms with Crippen LogP contribution in [0.3, 0.4) is 0 Å². The number of benzene rings is 2. The standard InChI is InChI=1S/C30H39N3O4/c1-37-27(34)19-24-18-26(33(30(24)36)17-5-8-20-6-3-2-4-7-20)28(32)29(35)23-11-9-21(10-12-23)22-13-15-25(31)16-14-22/h2-4,6-7,9-12,22,24-26,28H,5,8,13-19,31-32H2,1H3/t22-,24-,25-,26-,28?/m0/s1. The van der Waals surface area contributed by atoms with Gasteiger partial charge in [0.1, 0.15) is 0 Å². The summed E-state index contributed by atoms with van der Waals surface area (Å²) in [6.45, 7) is 0.486. The first-order valence-electron chi connectivity index (χ1n) is 13.4. The first-order valence-corrected chi connectivity index (χ1v) is 13.4. The molecule has 4 N–H and O–H groups in total. The second kappa shape index (κ2) is 12.5. The van der Waals surface area contributed by atoms with E-state index in [0.717, 1.165) is 38.5 Å². The topological polar surface area (TPSA) is 116 Å². The Bertz CT molecular complexity index is 1060. The molecule has 1 aliphatic heterocycles. The van der Waals surface area contributed by atoms with Gasteiger partial charge in [0.05, 0.1) is 31.5 Å². The normalized spacial score (nSPS) is 24.6. The number of amides is 1. The number of carbonyl (C=O) groups is 3. The molecule has 7 nitrogen and oxygen atoms in total. The fourth-order valence-electron chi connectivity index (χ4n) is 5.83. The number of Topliss-reactive ketones (excluding diaryl/α,β-unsaturated/α-hetero) is 1. The Kier molecular flexibility index (Phi) is 9.11. The number of esters is 1. The van der Waals surface area contributed by atoms with Gasteiger partial charge in [-0.2, -0.15) is 0 Å². The van der Waals surface area contributed by atoms with Gasteiger partial charge < -0.3 is 21.1 Å². The highest BCUT2D eigenvalue weighted by Gasteiger charge is 2.44. The third kappa shape index (κ3) is 6.65. The van der Waals surface area contributed by atoms with Crippen molar-refractivity contribution in [3.05, 3.63) is 71.3 Å². The summed E-state index contributed by atoms with van der Waals surface area (Å²) < 4.78 is 4.80. The molecule has 3 atom stereocenters. The molecular formula is C30H39N3O4. The highest BCUT2D eigenvalue weighted by molar-refractivity contribution is 6.01. The molecule has 1 amide bonds. The highest BCUT2D eigenvalue weighted by Crippen LogP contribution is 2.33. The van der Waals surface area contributed by atoms with Crippen molar-refractivity contribution in [3.8, 4) is 0 Å². The molecule has 1 saturated carbocycles. The summed E-state index contributed by atoms with van der Waals surface area (Å²) in [6.07, 6.45) is 6.12. The molecule has 2 aromatic rings. The van der Waals surface area contributed by atoms with E-state index in [0.29, 0.717) is 30.5 Å². The zero-order chi connectivity index (χ0) is 26.4. The number of nitrogens with zero attached hydrogens (tertiary/aromatic N) is 1. The van der Waals surface area contributed by atoms with E-state index in [2.05, 4.69) is 12.1 Å². The molecule has 1 aliphatic carbocycles. The second-order valence-electron chi connectivity index (χ2n) is 10.5. The van der Waals surface area contributed by atoms with E-state index in [-0.39, 0.29) is 18.1 Å². The molecule has 2 aromatic carbocycles. The van der Waals surface area contributed by atoms with Gasteiger partial charge in [0, 0.05) is 18.2 Å². The minimum Gasteiger partial charge on any atom is -0.469 e. The number of nitrogens with two attached hydrogens (primary N) is 2. The number of ketones is 1. The summed E-state index contributed by atoms with van der Waals surface area (Å²) in [7, 11) is 1.32. The van der Waals surface area contributed by atoms with Gasteiger partial charge in [0.15, 0.2) is 5.78 Å². The van der Waals surface area contributed by atoms with Gasteiger partial charge in [-0.05, 0) is 62.0 Å². The predicted octanol–water partition coefficient (Wildman–Crippen LogP) is 3.59. The molecule has 198 valence electrons. The Balaban J connectivity index is 1.44. The monoisotopic (exact) mass is 505 g/mol. The fraction of sp³-hybridized carbons (Fsp3) is 0.500. The molecule has 0 radical (unpaired) electrons. The molecule has 1 saturated heterocycles. The molecule has 4 rings (SSSR count). The summed E-state index contributed by atoms with van der Waals surface area (Å²) in [5.74, 6) is -0.779. The van der Waals surface area contributed by atoms with Gasteiger partial charge in [-0.1, -0.05) is 54.6 Å².